The van der Waals surface area contributed by atoms with E-state index >= 15 is 0 Å². The summed E-state index contributed by atoms with van der Waals surface area (Å²) in [5, 5.41) is 35.8. The first-order chi connectivity index (χ1) is 13.1. The van der Waals surface area contributed by atoms with Crippen molar-refractivity contribution in [3.63, 3.8) is 0 Å². The highest BCUT2D eigenvalue weighted by molar-refractivity contribution is 7.09. The second kappa shape index (κ2) is 7.44. The summed E-state index contributed by atoms with van der Waals surface area (Å²) in [5.74, 6) is 0.564. The third-order valence-electron chi connectivity index (χ3n) is 4.50. The van der Waals surface area contributed by atoms with Crippen LogP contribution in [0, 0.1) is 0 Å². The molecular weight excluding hydrogens is 372 g/mol. The second-order valence-corrected chi connectivity index (χ2v) is 7.43. The van der Waals surface area contributed by atoms with Gasteiger partial charge < -0.3 is 25.4 Å². The lowest BCUT2D eigenvalue weighted by Gasteiger charge is -2.17. The number of aromatic nitrogens is 5. The Morgan fingerprint density at radius 1 is 1.26 bits per heavy atom. The van der Waals surface area contributed by atoms with Gasteiger partial charge in [0.05, 0.1) is 17.9 Å². The lowest BCUT2D eigenvalue weighted by Crippen LogP contribution is -2.33. The fourth-order valence-corrected chi connectivity index (χ4v) is 3.90. The summed E-state index contributed by atoms with van der Waals surface area (Å²) in [7, 11) is 0. The van der Waals surface area contributed by atoms with Gasteiger partial charge in [0.1, 0.15) is 24.6 Å². The number of nitrogens with one attached hydrogen (secondary N) is 1. The van der Waals surface area contributed by atoms with Crippen molar-refractivity contribution >= 4 is 28.3 Å². The van der Waals surface area contributed by atoms with Crippen LogP contribution in [0.1, 0.15) is 18.2 Å². The molecule has 1 fully saturated rings. The number of ether oxygens (including phenoxy) is 1. The van der Waals surface area contributed by atoms with Crippen LogP contribution in [0.15, 0.2) is 24.2 Å². The van der Waals surface area contributed by atoms with E-state index in [1.165, 1.54) is 17.2 Å². The Morgan fingerprint density at radius 2 is 2.11 bits per heavy atom. The number of thiazole rings is 1. The zero-order valence-corrected chi connectivity index (χ0v) is 15.3. The van der Waals surface area contributed by atoms with Crippen molar-refractivity contribution in [2.75, 3.05) is 11.9 Å². The quantitative estimate of drug-likeness (QED) is 0.454. The summed E-state index contributed by atoms with van der Waals surface area (Å²) in [4.78, 5) is 17.2. The molecule has 3 aromatic heterocycles. The number of aliphatic hydroxyl groups is 3. The number of anilines is 1. The maximum atomic E-state index is 10.2. The molecule has 0 saturated carbocycles. The molecule has 0 radical (unpaired) electrons. The van der Waals surface area contributed by atoms with E-state index in [4.69, 9.17) is 4.74 Å². The Morgan fingerprint density at radius 3 is 2.81 bits per heavy atom. The molecule has 4 heterocycles. The van der Waals surface area contributed by atoms with Gasteiger partial charge in [0.25, 0.3) is 0 Å². The molecule has 27 heavy (non-hydrogen) atoms. The van der Waals surface area contributed by atoms with Gasteiger partial charge in [0.2, 0.25) is 0 Å². The molecule has 0 aliphatic carbocycles. The minimum Gasteiger partial charge on any atom is -0.394 e. The Kier molecular flexibility index (Phi) is 5.02. The normalized spacial score (nSPS) is 26.5. The highest BCUT2D eigenvalue weighted by Gasteiger charge is 2.44. The van der Waals surface area contributed by atoms with Crippen molar-refractivity contribution in [2.24, 2.45) is 0 Å². The monoisotopic (exact) mass is 392 g/mol. The van der Waals surface area contributed by atoms with Gasteiger partial charge in [-0.2, -0.15) is 0 Å². The minimum absolute atomic E-state index is 0.0771. The Labute approximate surface area is 158 Å². The predicted octanol–water partition coefficient (Wildman–Crippen LogP) is -0.0626. The molecule has 3 aromatic rings. The molecule has 0 amide bonds. The van der Waals surface area contributed by atoms with Gasteiger partial charge in [-0.15, -0.1) is 11.3 Å². The highest BCUT2D eigenvalue weighted by atomic mass is 32.1. The Bertz CT molecular complexity index is 904. The van der Waals surface area contributed by atoms with Crippen molar-refractivity contribution < 1.29 is 20.1 Å². The molecule has 1 aliphatic rings. The molecule has 5 atom stereocenters. The topological polar surface area (TPSA) is 138 Å². The van der Waals surface area contributed by atoms with Gasteiger partial charge in [-0.3, -0.25) is 4.57 Å². The van der Waals surface area contributed by atoms with E-state index in [-0.39, 0.29) is 6.04 Å². The van der Waals surface area contributed by atoms with E-state index in [9.17, 15) is 15.3 Å². The molecule has 11 heteroatoms. The molecule has 4 rings (SSSR count). The number of fused-ring (bicyclic) bond motifs is 1. The molecule has 144 valence electrons. The van der Waals surface area contributed by atoms with Crippen LogP contribution in [0.25, 0.3) is 11.2 Å². The summed E-state index contributed by atoms with van der Waals surface area (Å²) in [5.41, 5.74) is 0.991. The number of imidazole rings is 1. The van der Waals surface area contributed by atoms with E-state index in [1.807, 2.05) is 12.3 Å². The maximum absolute atomic E-state index is 10.2. The van der Waals surface area contributed by atoms with Crippen molar-refractivity contribution in [2.45, 2.75) is 43.9 Å². The molecule has 0 bridgehead atoms. The number of hydrogen-bond donors (Lipinski definition) is 4. The number of aliphatic hydroxyl groups excluding tert-OH is 3. The highest BCUT2D eigenvalue weighted by Crippen LogP contribution is 2.32. The van der Waals surface area contributed by atoms with E-state index < -0.39 is 31.1 Å². The zero-order chi connectivity index (χ0) is 19.0. The molecule has 1 unspecified atom stereocenters. The molecule has 1 saturated heterocycles. The van der Waals surface area contributed by atoms with Gasteiger partial charge >= 0.3 is 0 Å². The van der Waals surface area contributed by atoms with Crippen LogP contribution in [0.2, 0.25) is 0 Å². The molecule has 1 aliphatic heterocycles. The van der Waals surface area contributed by atoms with Crippen LogP contribution in [0.3, 0.4) is 0 Å². The standard InChI is InChI=1S/C16H20N6O4S/c1-8(4-10-17-2-3-27-10)21-14-11-15(19-6-18-14)22(7-20-11)16-13(25)12(24)9(5-23)26-16/h2-3,6-9,12-13,16,23-25H,4-5H2,1H3,(H,18,19,21)/t8?,9-,12-,13-,16-/m1/s1. The summed E-state index contributed by atoms with van der Waals surface area (Å²) >= 11 is 1.60. The first-order valence-electron chi connectivity index (χ1n) is 8.53. The SMILES string of the molecule is CC(Cc1nccs1)Nc1ncnc2c1ncn2[C@@H]1O[C@H](CO)[C@@H](O)[C@H]1O. The smallest absolute Gasteiger partial charge is 0.167 e. The van der Waals surface area contributed by atoms with Gasteiger partial charge in [0, 0.05) is 24.0 Å². The average molecular weight is 392 g/mol. The predicted molar refractivity (Wildman–Crippen MR) is 97.2 cm³/mol. The van der Waals surface area contributed by atoms with E-state index in [0.29, 0.717) is 17.0 Å². The third kappa shape index (κ3) is 3.39. The third-order valence-corrected chi connectivity index (χ3v) is 5.30. The van der Waals surface area contributed by atoms with Crippen LogP contribution in [0.4, 0.5) is 5.82 Å². The number of nitrogens with zero attached hydrogens (tertiary/aromatic N) is 5. The van der Waals surface area contributed by atoms with Crippen molar-refractivity contribution in [1.82, 2.24) is 24.5 Å². The van der Waals surface area contributed by atoms with Crippen molar-refractivity contribution in [1.29, 1.82) is 0 Å². The van der Waals surface area contributed by atoms with E-state index in [1.54, 1.807) is 17.5 Å². The van der Waals surface area contributed by atoms with Crippen LogP contribution < -0.4 is 5.32 Å². The molecule has 0 aromatic carbocycles. The van der Waals surface area contributed by atoms with Gasteiger partial charge in [0.15, 0.2) is 23.2 Å². The van der Waals surface area contributed by atoms with Gasteiger partial charge in [-0.05, 0) is 6.92 Å². The van der Waals surface area contributed by atoms with Crippen molar-refractivity contribution in [3.05, 3.63) is 29.2 Å². The zero-order valence-electron chi connectivity index (χ0n) is 14.5. The molecule has 10 nitrogen and oxygen atoms in total. The summed E-state index contributed by atoms with van der Waals surface area (Å²) in [6.45, 7) is 1.63. The Balaban J connectivity index is 1.58. The fraction of sp³-hybridized carbons (Fsp3) is 0.500. The first-order valence-corrected chi connectivity index (χ1v) is 9.41. The fourth-order valence-electron chi connectivity index (χ4n) is 3.15. The van der Waals surface area contributed by atoms with Crippen LogP contribution in [-0.4, -0.2) is 70.8 Å². The lowest BCUT2D eigenvalue weighted by atomic mass is 10.1. The maximum Gasteiger partial charge on any atom is 0.167 e. The lowest BCUT2D eigenvalue weighted by molar-refractivity contribution is -0.0511. The van der Waals surface area contributed by atoms with Gasteiger partial charge in [-0.1, -0.05) is 0 Å². The van der Waals surface area contributed by atoms with Gasteiger partial charge in [-0.25, -0.2) is 19.9 Å². The van der Waals surface area contributed by atoms with E-state index in [2.05, 4.69) is 25.3 Å². The van der Waals surface area contributed by atoms with Crippen molar-refractivity contribution in [3.8, 4) is 0 Å². The summed E-state index contributed by atoms with van der Waals surface area (Å²) in [6, 6.07) is 0.0771. The summed E-state index contributed by atoms with van der Waals surface area (Å²) < 4.78 is 7.10. The largest absolute Gasteiger partial charge is 0.394 e. The first kappa shape index (κ1) is 18.2. The average Bonchev–Trinajstić information content (AvgIpc) is 3.37. The van der Waals surface area contributed by atoms with Crippen LogP contribution in [0.5, 0.6) is 0 Å². The number of hydrogen-bond acceptors (Lipinski definition) is 10. The second-order valence-electron chi connectivity index (χ2n) is 6.45. The molecule has 4 N–H and O–H groups in total. The van der Waals surface area contributed by atoms with Crippen LogP contribution in [-0.2, 0) is 11.2 Å². The number of rotatable bonds is 6. The van der Waals surface area contributed by atoms with E-state index in [0.717, 1.165) is 11.4 Å². The molecular formula is C16H20N6O4S. The molecule has 0 spiro atoms. The van der Waals surface area contributed by atoms with Crippen LogP contribution >= 0.6 is 11.3 Å². The summed E-state index contributed by atoms with van der Waals surface area (Å²) in [6.07, 6.45) is 1.27. The Hall–Kier alpha value is -2.18. The minimum atomic E-state index is -1.20.